The van der Waals surface area contributed by atoms with Crippen molar-refractivity contribution >= 4 is 16.6 Å². The van der Waals surface area contributed by atoms with E-state index in [9.17, 15) is 14.6 Å². The molecule has 1 saturated carbocycles. The van der Waals surface area contributed by atoms with E-state index in [-0.39, 0.29) is 41.1 Å². The molecule has 1 aromatic carbocycles. The third-order valence-electron chi connectivity index (χ3n) is 7.30. The van der Waals surface area contributed by atoms with E-state index < -0.39 is 35.1 Å². The molecule has 0 bridgehead atoms. The summed E-state index contributed by atoms with van der Waals surface area (Å²) in [6.45, 7) is 2.21. The summed E-state index contributed by atoms with van der Waals surface area (Å²) in [7, 11) is 1.50. The molecule has 0 amide bonds. The highest BCUT2D eigenvalue weighted by molar-refractivity contribution is 5.84. The number of benzene rings is 1. The summed E-state index contributed by atoms with van der Waals surface area (Å²) >= 11 is 0. The van der Waals surface area contributed by atoms with Crippen molar-refractivity contribution in [2.24, 2.45) is 11.6 Å². The van der Waals surface area contributed by atoms with Crippen molar-refractivity contribution in [1.82, 2.24) is 20.0 Å². The van der Waals surface area contributed by atoms with Crippen LogP contribution < -0.4 is 16.3 Å². The van der Waals surface area contributed by atoms with Crippen LogP contribution in [0.2, 0.25) is 0 Å². The summed E-state index contributed by atoms with van der Waals surface area (Å²) in [5.41, 5.74) is 0.946. The van der Waals surface area contributed by atoms with E-state index in [1.807, 2.05) is 0 Å². The summed E-state index contributed by atoms with van der Waals surface area (Å²) in [6.07, 6.45) is 2.93. The van der Waals surface area contributed by atoms with Crippen LogP contribution >= 0.6 is 0 Å². The molecule has 12 heteroatoms. The lowest BCUT2D eigenvalue weighted by atomic mass is 9.86. The van der Waals surface area contributed by atoms with Gasteiger partial charge in [0.25, 0.3) is 0 Å². The Kier molecular flexibility index (Phi) is 6.96. The zero-order valence-electron chi connectivity index (χ0n) is 22.8. The molecule has 7 N–H and O–H groups in total. The largest absolute Gasteiger partial charge is 0.481 e. The van der Waals surface area contributed by atoms with Crippen LogP contribution in [-0.4, -0.2) is 49.5 Å². The van der Waals surface area contributed by atoms with Gasteiger partial charge >= 0.3 is 0 Å². The number of ether oxygens (including phenoxy) is 1. The van der Waals surface area contributed by atoms with Gasteiger partial charge in [-0.3, -0.25) is 0 Å². The van der Waals surface area contributed by atoms with E-state index in [1.165, 1.54) is 39.3 Å². The number of nitrogens with two attached hydrogens (primary N) is 2. The molecule has 1 fully saturated rings. The number of aliphatic hydroxyl groups is 2. The number of H-pyrrole nitrogens is 1. The second-order valence-corrected chi connectivity index (χ2v) is 10.9. The maximum atomic E-state index is 15.9. The van der Waals surface area contributed by atoms with Gasteiger partial charge in [0.05, 0.1) is 48.1 Å². The maximum absolute atomic E-state index is 15.9. The standard InChI is InChI=1S/C29H31F3N6O3/c1-27(2,39)19-12-23(37-26(25(19)31)16-4-6-18(30)7-5-16)29(40,28(32)8-9-28)15-38(34)14-20(33)21-10-17-11-24(41-3)35-13-22(17)36-21/h4-7,10-14,36,39-40H,8-9,15,33-34H2,1-3H3/b20-14-. The molecule has 5 rings (SSSR count). The molecule has 0 spiro atoms. The number of alkyl halides is 1. The highest BCUT2D eigenvalue weighted by Crippen LogP contribution is 2.54. The van der Waals surface area contributed by atoms with Crippen molar-refractivity contribution in [2.45, 2.75) is 43.6 Å². The molecule has 0 saturated heterocycles. The summed E-state index contributed by atoms with van der Waals surface area (Å²) < 4.78 is 50.3. The quantitative estimate of drug-likeness (QED) is 0.151. The molecule has 1 aliphatic carbocycles. The molecule has 1 atom stereocenters. The van der Waals surface area contributed by atoms with Crippen molar-refractivity contribution in [3.05, 3.63) is 83.4 Å². The fourth-order valence-electron chi connectivity index (χ4n) is 4.80. The third-order valence-corrected chi connectivity index (χ3v) is 7.30. The van der Waals surface area contributed by atoms with Crippen LogP contribution in [0.1, 0.15) is 43.6 Å². The Labute approximate surface area is 234 Å². The van der Waals surface area contributed by atoms with E-state index in [1.54, 1.807) is 18.3 Å². The lowest BCUT2D eigenvalue weighted by Crippen LogP contribution is -2.50. The van der Waals surface area contributed by atoms with Gasteiger partial charge in [0.2, 0.25) is 5.88 Å². The average molecular weight is 569 g/mol. The van der Waals surface area contributed by atoms with Gasteiger partial charge in [-0.1, -0.05) is 0 Å². The normalized spacial score (nSPS) is 16.5. The first-order chi connectivity index (χ1) is 19.2. The molecule has 1 unspecified atom stereocenters. The van der Waals surface area contributed by atoms with E-state index >= 15 is 8.78 Å². The zero-order chi connectivity index (χ0) is 29.7. The SMILES string of the molecule is COc1cc2cc(/C(N)=C/N(N)CC(O)(c3cc(C(C)(C)O)c(F)c(-c4ccc(F)cc4)n3)C3(F)CC3)[nH]c2cn1. The maximum Gasteiger partial charge on any atom is 0.213 e. The van der Waals surface area contributed by atoms with Crippen molar-refractivity contribution < 1.29 is 28.1 Å². The number of hydrogen-bond acceptors (Lipinski definition) is 8. The van der Waals surface area contributed by atoms with Crippen LogP contribution in [0, 0.1) is 11.6 Å². The fraction of sp³-hybridized carbons (Fsp3) is 0.310. The average Bonchev–Trinajstić information content (AvgIpc) is 3.53. The third kappa shape index (κ3) is 5.33. The molecule has 216 valence electrons. The minimum absolute atomic E-state index is 0.0101. The second-order valence-electron chi connectivity index (χ2n) is 10.9. The number of fused-ring (bicyclic) bond motifs is 1. The van der Waals surface area contributed by atoms with Gasteiger partial charge < -0.3 is 30.7 Å². The lowest BCUT2D eigenvalue weighted by Gasteiger charge is -2.35. The molecule has 0 radical (unpaired) electrons. The second kappa shape index (κ2) is 10.1. The molecule has 9 nitrogen and oxygen atoms in total. The highest BCUT2D eigenvalue weighted by atomic mass is 19.1. The van der Waals surface area contributed by atoms with Crippen LogP contribution in [0.5, 0.6) is 5.88 Å². The number of hydrogen-bond donors (Lipinski definition) is 5. The Balaban J connectivity index is 1.54. The van der Waals surface area contributed by atoms with Gasteiger partial charge in [0.1, 0.15) is 17.2 Å². The smallest absolute Gasteiger partial charge is 0.213 e. The number of pyridine rings is 2. The molecule has 3 aromatic heterocycles. The van der Waals surface area contributed by atoms with Crippen molar-refractivity contribution in [3.8, 4) is 17.1 Å². The Hall–Kier alpha value is -4.13. The lowest BCUT2D eigenvalue weighted by molar-refractivity contribution is -0.0755. The summed E-state index contributed by atoms with van der Waals surface area (Å²) in [5.74, 6) is 5.23. The van der Waals surface area contributed by atoms with Crippen LogP contribution in [-0.2, 0) is 11.2 Å². The number of aromatic amines is 1. The first-order valence-electron chi connectivity index (χ1n) is 12.9. The summed E-state index contributed by atoms with van der Waals surface area (Å²) in [5, 5.41) is 24.4. The molecule has 4 aromatic rings. The highest BCUT2D eigenvalue weighted by Gasteiger charge is 2.62. The number of nitrogens with zero attached hydrogens (tertiary/aromatic N) is 3. The number of aromatic nitrogens is 3. The number of hydrazine groups is 1. The molecular formula is C29H31F3N6O3. The van der Waals surface area contributed by atoms with Crippen LogP contribution in [0.4, 0.5) is 13.2 Å². The van der Waals surface area contributed by atoms with E-state index in [0.29, 0.717) is 17.1 Å². The Bertz CT molecular complexity index is 1630. The number of rotatable bonds is 9. The number of halogens is 3. The molecule has 3 heterocycles. The minimum atomic E-state index is -2.32. The Morgan fingerprint density at radius 1 is 1.17 bits per heavy atom. The van der Waals surface area contributed by atoms with Crippen molar-refractivity contribution in [1.29, 1.82) is 0 Å². The number of nitrogens with one attached hydrogen (secondary N) is 1. The van der Waals surface area contributed by atoms with E-state index in [0.717, 1.165) is 28.6 Å². The first kappa shape index (κ1) is 28.4. The Morgan fingerprint density at radius 2 is 1.85 bits per heavy atom. The summed E-state index contributed by atoms with van der Waals surface area (Å²) in [6, 6.07) is 9.50. The van der Waals surface area contributed by atoms with Crippen LogP contribution in [0.25, 0.3) is 27.9 Å². The van der Waals surface area contributed by atoms with Crippen molar-refractivity contribution in [2.75, 3.05) is 13.7 Å². The molecule has 0 aliphatic heterocycles. The zero-order valence-corrected chi connectivity index (χ0v) is 22.8. The predicted molar refractivity (Wildman–Crippen MR) is 148 cm³/mol. The van der Waals surface area contributed by atoms with E-state index in [2.05, 4.69) is 15.0 Å². The fourth-order valence-corrected chi connectivity index (χ4v) is 4.80. The number of methoxy groups -OCH3 is 1. The van der Waals surface area contributed by atoms with Gasteiger partial charge in [-0.15, -0.1) is 0 Å². The summed E-state index contributed by atoms with van der Waals surface area (Å²) in [4.78, 5) is 11.6. The van der Waals surface area contributed by atoms with Gasteiger partial charge in [-0.2, -0.15) is 0 Å². The van der Waals surface area contributed by atoms with Crippen molar-refractivity contribution in [3.63, 3.8) is 0 Å². The van der Waals surface area contributed by atoms with Gasteiger partial charge in [0.15, 0.2) is 11.4 Å². The van der Waals surface area contributed by atoms with E-state index in [4.69, 9.17) is 16.3 Å². The van der Waals surface area contributed by atoms with Gasteiger partial charge in [-0.25, -0.2) is 29.0 Å². The van der Waals surface area contributed by atoms with Gasteiger partial charge in [-0.05, 0) is 63.1 Å². The van der Waals surface area contributed by atoms with Gasteiger partial charge in [0, 0.05) is 28.8 Å². The molecule has 1 aliphatic rings. The predicted octanol–water partition coefficient (Wildman–Crippen LogP) is 3.96. The minimum Gasteiger partial charge on any atom is -0.481 e. The molecule has 41 heavy (non-hydrogen) atoms. The first-order valence-corrected chi connectivity index (χ1v) is 12.9. The topological polar surface area (TPSA) is 147 Å². The monoisotopic (exact) mass is 568 g/mol. The molecular weight excluding hydrogens is 537 g/mol. The van der Waals surface area contributed by atoms with Crippen LogP contribution in [0.15, 0.2) is 54.9 Å². The van der Waals surface area contributed by atoms with Crippen LogP contribution in [0.3, 0.4) is 0 Å². The Morgan fingerprint density at radius 3 is 2.46 bits per heavy atom.